The van der Waals surface area contributed by atoms with Gasteiger partial charge in [-0.25, -0.2) is 4.98 Å². The van der Waals surface area contributed by atoms with Gasteiger partial charge in [-0.2, -0.15) is 0 Å². The molecule has 0 aliphatic carbocycles. The summed E-state index contributed by atoms with van der Waals surface area (Å²) in [4.78, 5) is 16.1. The van der Waals surface area contributed by atoms with E-state index < -0.39 is 0 Å². The third-order valence-electron chi connectivity index (χ3n) is 2.49. The van der Waals surface area contributed by atoms with Gasteiger partial charge in [0.2, 0.25) is 0 Å². The first kappa shape index (κ1) is 13.4. The second-order valence-corrected chi connectivity index (χ2v) is 4.59. The molecule has 0 atom stereocenters. The predicted octanol–water partition coefficient (Wildman–Crippen LogP) is 2.69. The molecule has 0 saturated heterocycles. The number of methoxy groups -OCH3 is 1. The SMILES string of the molecule is COc1ccc(C(=O)Nc2ccc(Br)nc2)c(N)c1. The highest BCUT2D eigenvalue weighted by atomic mass is 79.9. The van der Waals surface area contributed by atoms with Gasteiger partial charge in [-0.15, -0.1) is 0 Å². The van der Waals surface area contributed by atoms with E-state index in [-0.39, 0.29) is 5.91 Å². The Bertz CT molecular complexity index is 599. The average molecular weight is 322 g/mol. The summed E-state index contributed by atoms with van der Waals surface area (Å²) in [5.74, 6) is 0.323. The molecule has 0 fully saturated rings. The van der Waals surface area contributed by atoms with Crippen LogP contribution in [0.1, 0.15) is 10.4 Å². The molecule has 3 N–H and O–H groups in total. The zero-order valence-electron chi connectivity index (χ0n) is 10.2. The van der Waals surface area contributed by atoms with E-state index in [4.69, 9.17) is 10.5 Å². The largest absolute Gasteiger partial charge is 0.497 e. The number of nitrogens with two attached hydrogens (primary N) is 1. The molecular weight excluding hydrogens is 310 g/mol. The minimum atomic E-state index is -0.288. The van der Waals surface area contributed by atoms with Crippen LogP contribution in [0.25, 0.3) is 0 Å². The first-order valence-corrected chi connectivity index (χ1v) is 6.26. The monoisotopic (exact) mass is 321 g/mol. The number of hydrogen-bond donors (Lipinski definition) is 2. The van der Waals surface area contributed by atoms with Crippen LogP contribution in [0.5, 0.6) is 5.75 Å². The van der Waals surface area contributed by atoms with Crippen molar-refractivity contribution >= 4 is 33.2 Å². The molecule has 0 spiro atoms. The summed E-state index contributed by atoms with van der Waals surface area (Å²) in [6.45, 7) is 0. The molecule has 0 saturated carbocycles. The molecule has 98 valence electrons. The van der Waals surface area contributed by atoms with E-state index in [0.717, 1.165) is 0 Å². The van der Waals surface area contributed by atoms with Gasteiger partial charge in [0.05, 0.1) is 24.6 Å². The number of nitrogen functional groups attached to an aromatic ring is 1. The molecule has 1 heterocycles. The second kappa shape index (κ2) is 5.71. The van der Waals surface area contributed by atoms with Crippen molar-refractivity contribution in [1.29, 1.82) is 0 Å². The average Bonchev–Trinajstić information content (AvgIpc) is 2.41. The molecule has 2 aromatic rings. The van der Waals surface area contributed by atoms with Crippen molar-refractivity contribution in [2.45, 2.75) is 0 Å². The molecule has 19 heavy (non-hydrogen) atoms. The molecular formula is C13H12BrN3O2. The quantitative estimate of drug-likeness (QED) is 0.673. The highest BCUT2D eigenvalue weighted by Gasteiger charge is 2.10. The van der Waals surface area contributed by atoms with Crippen LogP contribution in [-0.4, -0.2) is 18.0 Å². The molecule has 5 nitrogen and oxygen atoms in total. The Balaban J connectivity index is 2.18. The lowest BCUT2D eigenvalue weighted by Gasteiger charge is -2.08. The first-order chi connectivity index (χ1) is 9.10. The third-order valence-corrected chi connectivity index (χ3v) is 2.96. The van der Waals surface area contributed by atoms with E-state index in [2.05, 4.69) is 26.2 Å². The van der Waals surface area contributed by atoms with E-state index in [1.807, 2.05) is 0 Å². The van der Waals surface area contributed by atoms with E-state index >= 15 is 0 Å². The number of carbonyl (C=O) groups excluding carboxylic acids is 1. The van der Waals surface area contributed by atoms with Crippen molar-refractivity contribution in [1.82, 2.24) is 4.98 Å². The Morgan fingerprint density at radius 3 is 2.74 bits per heavy atom. The number of pyridine rings is 1. The minimum absolute atomic E-state index is 0.288. The lowest BCUT2D eigenvalue weighted by molar-refractivity contribution is 0.102. The Morgan fingerprint density at radius 2 is 2.16 bits per heavy atom. The molecule has 0 aliphatic rings. The highest BCUT2D eigenvalue weighted by Crippen LogP contribution is 2.21. The minimum Gasteiger partial charge on any atom is -0.497 e. The van der Waals surface area contributed by atoms with Crippen LogP contribution in [-0.2, 0) is 0 Å². The summed E-state index contributed by atoms with van der Waals surface area (Å²) >= 11 is 3.23. The van der Waals surface area contributed by atoms with Gasteiger partial charge in [-0.3, -0.25) is 4.79 Å². The normalized spacial score (nSPS) is 10.0. The van der Waals surface area contributed by atoms with Gasteiger partial charge < -0.3 is 15.8 Å². The number of nitrogens with one attached hydrogen (secondary N) is 1. The van der Waals surface area contributed by atoms with Crippen molar-refractivity contribution in [2.75, 3.05) is 18.2 Å². The number of hydrogen-bond acceptors (Lipinski definition) is 4. The Morgan fingerprint density at radius 1 is 1.37 bits per heavy atom. The van der Waals surface area contributed by atoms with E-state index in [9.17, 15) is 4.79 Å². The van der Waals surface area contributed by atoms with Crippen molar-refractivity contribution in [3.63, 3.8) is 0 Å². The van der Waals surface area contributed by atoms with Crippen molar-refractivity contribution in [2.24, 2.45) is 0 Å². The van der Waals surface area contributed by atoms with Gasteiger partial charge in [-0.05, 0) is 40.2 Å². The summed E-state index contributed by atoms with van der Waals surface area (Å²) in [7, 11) is 1.54. The molecule has 0 aliphatic heterocycles. The zero-order chi connectivity index (χ0) is 13.8. The van der Waals surface area contributed by atoms with Crippen LogP contribution in [0.2, 0.25) is 0 Å². The fourth-order valence-electron chi connectivity index (χ4n) is 1.52. The Labute approximate surface area is 118 Å². The molecule has 2 rings (SSSR count). The van der Waals surface area contributed by atoms with Crippen LogP contribution in [0.15, 0.2) is 41.1 Å². The van der Waals surface area contributed by atoms with Crippen LogP contribution in [0.4, 0.5) is 11.4 Å². The lowest BCUT2D eigenvalue weighted by Crippen LogP contribution is -2.14. The first-order valence-electron chi connectivity index (χ1n) is 5.46. The van der Waals surface area contributed by atoms with Gasteiger partial charge in [0.1, 0.15) is 10.4 Å². The van der Waals surface area contributed by atoms with E-state index in [1.165, 1.54) is 0 Å². The summed E-state index contributed by atoms with van der Waals surface area (Å²) in [5.41, 5.74) is 7.17. The van der Waals surface area contributed by atoms with Crippen LogP contribution >= 0.6 is 15.9 Å². The van der Waals surface area contributed by atoms with Gasteiger partial charge in [0.15, 0.2) is 0 Å². The summed E-state index contributed by atoms with van der Waals surface area (Å²) in [6, 6.07) is 8.40. The standard InChI is InChI=1S/C13H12BrN3O2/c1-19-9-3-4-10(11(15)6-9)13(18)17-8-2-5-12(14)16-7-8/h2-7H,15H2,1H3,(H,17,18). The number of amides is 1. The third kappa shape index (κ3) is 3.23. The molecule has 1 aromatic carbocycles. The highest BCUT2D eigenvalue weighted by molar-refractivity contribution is 9.10. The number of halogens is 1. The summed E-state index contributed by atoms with van der Waals surface area (Å²) in [6.07, 6.45) is 1.56. The van der Waals surface area contributed by atoms with Crippen molar-refractivity contribution < 1.29 is 9.53 Å². The fourth-order valence-corrected chi connectivity index (χ4v) is 1.76. The van der Waals surface area contributed by atoms with Gasteiger partial charge in [-0.1, -0.05) is 0 Å². The maximum atomic E-state index is 12.0. The molecule has 1 aromatic heterocycles. The van der Waals surface area contributed by atoms with Crippen molar-refractivity contribution in [3.05, 3.63) is 46.7 Å². The second-order valence-electron chi connectivity index (χ2n) is 3.78. The number of ether oxygens (including phenoxy) is 1. The maximum absolute atomic E-state index is 12.0. The smallest absolute Gasteiger partial charge is 0.257 e. The van der Waals surface area contributed by atoms with E-state index in [1.54, 1.807) is 43.6 Å². The van der Waals surface area contributed by atoms with Gasteiger partial charge in [0, 0.05) is 11.8 Å². The number of rotatable bonds is 3. The van der Waals surface area contributed by atoms with Crippen LogP contribution in [0, 0.1) is 0 Å². The molecule has 0 bridgehead atoms. The van der Waals surface area contributed by atoms with Gasteiger partial charge in [0.25, 0.3) is 5.91 Å². The molecule has 6 heteroatoms. The molecule has 0 radical (unpaired) electrons. The molecule has 1 amide bonds. The maximum Gasteiger partial charge on any atom is 0.257 e. The Hall–Kier alpha value is -2.08. The Kier molecular flexibility index (Phi) is 4.01. The topological polar surface area (TPSA) is 77.2 Å². The van der Waals surface area contributed by atoms with Crippen molar-refractivity contribution in [3.8, 4) is 5.75 Å². The summed E-state index contributed by atoms with van der Waals surface area (Å²) < 4.78 is 5.74. The van der Waals surface area contributed by atoms with E-state index in [0.29, 0.717) is 27.3 Å². The lowest BCUT2D eigenvalue weighted by atomic mass is 10.1. The fraction of sp³-hybridized carbons (Fsp3) is 0.0769. The number of benzene rings is 1. The number of nitrogens with zero attached hydrogens (tertiary/aromatic N) is 1. The molecule has 0 unspecified atom stereocenters. The number of aromatic nitrogens is 1. The van der Waals surface area contributed by atoms with Crippen LogP contribution < -0.4 is 15.8 Å². The summed E-state index contributed by atoms with van der Waals surface area (Å²) in [5, 5.41) is 2.72. The van der Waals surface area contributed by atoms with Gasteiger partial charge >= 0.3 is 0 Å². The zero-order valence-corrected chi connectivity index (χ0v) is 11.8. The predicted molar refractivity (Wildman–Crippen MR) is 77.3 cm³/mol. The number of carbonyl (C=O) groups is 1. The number of anilines is 2. The van der Waals surface area contributed by atoms with Crippen LogP contribution in [0.3, 0.4) is 0 Å².